The molecule has 0 bridgehead atoms. The highest BCUT2D eigenvalue weighted by Crippen LogP contribution is 2.22. The minimum absolute atomic E-state index is 0.160. The fraction of sp³-hybridized carbons (Fsp3) is 0. The predicted molar refractivity (Wildman–Crippen MR) is 67.7 cm³/mol. The standard InChI is InChI=1S/C14H9FN2O2/c15-9-1-6-12-13(7-9)16-8-14(17-12)19-11-4-2-10(18)3-5-11/h1-8,18H. The van der Waals surface area contributed by atoms with E-state index in [0.29, 0.717) is 22.7 Å². The van der Waals surface area contributed by atoms with Crippen LogP contribution >= 0.6 is 0 Å². The molecule has 0 saturated carbocycles. The minimum atomic E-state index is -0.353. The van der Waals surface area contributed by atoms with Crippen molar-refractivity contribution in [2.45, 2.75) is 0 Å². The topological polar surface area (TPSA) is 55.2 Å². The average molecular weight is 256 g/mol. The minimum Gasteiger partial charge on any atom is -0.508 e. The van der Waals surface area contributed by atoms with Crippen LogP contribution in [0.15, 0.2) is 48.7 Å². The van der Waals surface area contributed by atoms with Gasteiger partial charge in [-0.3, -0.25) is 0 Å². The number of nitrogens with zero attached hydrogens (tertiary/aromatic N) is 2. The van der Waals surface area contributed by atoms with Crippen molar-refractivity contribution < 1.29 is 14.2 Å². The Hall–Kier alpha value is -2.69. The number of hydrogen-bond donors (Lipinski definition) is 1. The van der Waals surface area contributed by atoms with Gasteiger partial charge in [-0.2, -0.15) is 0 Å². The van der Waals surface area contributed by atoms with Crippen LogP contribution in [0.4, 0.5) is 4.39 Å². The molecule has 0 aliphatic heterocycles. The van der Waals surface area contributed by atoms with Gasteiger partial charge in [0.15, 0.2) is 0 Å². The van der Waals surface area contributed by atoms with Crippen molar-refractivity contribution in [3.63, 3.8) is 0 Å². The lowest BCUT2D eigenvalue weighted by Crippen LogP contribution is -1.91. The van der Waals surface area contributed by atoms with Crippen LogP contribution in [-0.2, 0) is 0 Å². The van der Waals surface area contributed by atoms with E-state index < -0.39 is 0 Å². The van der Waals surface area contributed by atoms with Crippen LogP contribution in [0.3, 0.4) is 0 Å². The molecular formula is C14H9FN2O2. The van der Waals surface area contributed by atoms with Gasteiger partial charge in [-0.05, 0) is 36.4 Å². The lowest BCUT2D eigenvalue weighted by atomic mass is 10.3. The van der Waals surface area contributed by atoms with Crippen molar-refractivity contribution in [3.05, 3.63) is 54.5 Å². The van der Waals surface area contributed by atoms with Crippen LogP contribution in [0.5, 0.6) is 17.4 Å². The number of aromatic hydroxyl groups is 1. The van der Waals surface area contributed by atoms with E-state index in [1.54, 1.807) is 18.2 Å². The fourth-order valence-electron chi connectivity index (χ4n) is 1.65. The van der Waals surface area contributed by atoms with Crippen LogP contribution in [0.1, 0.15) is 0 Å². The van der Waals surface area contributed by atoms with Crippen LogP contribution in [-0.4, -0.2) is 15.1 Å². The van der Waals surface area contributed by atoms with Crippen LogP contribution in [0.25, 0.3) is 11.0 Å². The Morgan fingerprint density at radius 3 is 2.58 bits per heavy atom. The number of halogens is 1. The zero-order valence-electron chi connectivity index (χ0n) is 9.75. The van der Waals surface area contributed by atoms with E-state index >= 15 is 0 Å². The van der Waals surface area contributed by atoms with Crippen LogP contribution in [0, 0.1) is 5.82 Å². The summed E-state index contributed by atoms with van der Waals surface area (Å²) in [5, 5.41) is 9.17. The van der Waals surface area contributed by atoms with E-state index in [9.17, 15) is 9.50 Å². The van der Waals surface area contributed by atoms with Gasteiger partial charge in [0.25, 0.3) is 0 Å². The maximum atomic E-state index is 13.0. The number of ether oxygens (including phenoxy) is 1. The molecule has 3 rings (SSSR count). The van der Waals surface area contributed by atoms with Crippen molar-refractivity contribution >= 4 is 11.0 Å². The number of fused-ring (bicyclic) bond motifs is 1. The van der Waals surface area contributed by atoms with Gasteiger partial charge in [0, 0.05) is 6.07 Å². The molecule has 0 atom stereocenters. The van der Waals surface area contributed by atoms with E-state index in [0.717, 1.165) is 0 Å². The molecule has 3 aromatic rings. The Balaban J connectivity index is 1.93. The summed E-state index contributed by atoms with van der Waals surface area (Å²) in [6, 6.07) is 10.4. The highest BCUT2D eigenvalue weighted by atomic mass is 19.1. The normalized spacial score (nSPS) is 10.6. The van der Waals surface area contributed by atoms with Gasteiger partial charge >= 0.3 is 0 Å². The molecule has 1 heterocycles. The number of rotatable bonds is 2. The summed E-state index contributed by atoms with van der Waals surface area (Å²) in [6.07, 6.45) is 1.43. The molecular weight excluding hydrogens is 247 g/mol. The number of phenolic OH excluding ortho intramolecular Hbond substituents is 1. The highest BCUT2D eigenvalue weighted by Gasteiger charge is 2.03. The summed E-state index contributed by atoms with van der Waals surface area (Å²) in [6.45, 7) is 0. The fourth-order valence-corrected chi connectivity index (χ4v) is 1.65. The third-order valence-electron chi connectivity index (χ3n) is 2.54. The quantitative estimate of drug-likeness (QED) is 0.764. The number of benzene rings is 2. The molecule has 5 heteroatoms. The van der Waals surface area contributed by atoms with Gasteiger partial charge in [-0.1, -0.05) is 0 Å². The van der Waals surface area contributed by atoms with Gasteiger partial charge in [0.2, 0.25) is 5.88 Å². The van der Waals surface area contributed by atoms with E-state index in [-0.39, 0.29) is 11.6 Å². The van der Waals surface area contributed by atoms with Crippen molar-refractivity contribution in [1.82, 2.24) is 9.97 Å². The number of hydrogen-bond acceptors (Lipinski definition) is 4. The van der Waals surface area contributed by atoms with E-state index in [2.05, 4.69) is 9.97 Å². The van der Waals surface area contributed by atoms with Gasteiger partial charge in [-0.25, -0.2) is 14.4 Å². The first-order chi connectivity index (χ1) is 9.20. The largest absolute Gasteiger partial charge is 0.508 e. The molecule has 0 radical (unpaired) electrons. The SMILES string of the molecule is Oc1ccc(Oc2cnc3cc(F)ccc3n2)cc1. The van der Waals surface area contributed by atoms with Crippen LogP contribution < -0.4 is 4.74 Å². The molecule has 19 heavy (non-hydrogen) atoms. The third-order valence-corrected chi connectivity index (χ3v) is 2.54. The Kier molecular flexibility index (Phi) is 2.72. The molecule has 0 spiro atoms. The second-order valence-electron chi connectivity index (χ2n) is 3.94. The van der Waals surface area contributed by atoms with Crippen molar-refractivity contribution in [3.8, 4) is 17.4 Å². The van der Waals surface area contributed by atoms with E-state index in [1.807, 2.05) is 0 Å². The summed E-state index contributed by atoms with van der Waals surface area (Å²) in [7, 11) is 0. The molecule has 4 nitrogen and oxygen atoms in total. The molecule has 0 fully saturated rings. The summed E-state index contributed by atoms with van der Waals surface area (Å²) in [5.41, 5.74) is 1.02. The maximum absolute atomic E-state index is 13.0. The second kappa shape index (κ2) is 4.53. The van der Waals surface area contributed by atoms with Gasteiger partial charge in [-0.15, -0.1) is 0 Å². The molecule has 1 N–H and O–H groups in total. The predicted octanol–water partition coefficient (Wildman–Crippen LogP) is 3.27. The first kappa shape index (κ1) is 11.4. The summed E-state index contributed by atoms with van der Waals surface area (Å²) < 4.78 is 18.5. The average Bonchev–Trinajstić information content (AvgIpc) is 2.42. The summed E-state index contributed by atoms with van der Waals surface area (Å²) in [4.78, 5) is 8.30. The van der Waals surface area contributed by atoms with Gasteiger partial charge < -0.3 is 9.84 Å². The highest BCUT2D eigenvalue weighted by molar-refractivity contribution is 5.74. The Morgan fingerprint density at radius 1 is 1.00 bits per heavy atom. The lowest BCUT2D eigenvalue weighted by Gasteiger charge is -2.05. The second-order valence-corrected chi connectivity index (χ2v) is 3.94. The summed E-state index contributed by atoms with van der Waals surface area (Å²) >= 11 is 0. The molecule has 0 aliphatic rings. The van der Waals surface area contributed by atoms with Crippen molar-refractivity contribution in [2.75, 3.05) is 0 Å². The third kappa shape index (κ3) is 2.44. The zero-order chi connectivity index (χ0) is 13.2. The molecule has 0 aliphatic carbocycles. The van der Waals surface area contributed by atoms with Crippen molar-refractivity contribution in [2.24, 2.45) is 0 Å². The molecule has 2 aromatic carbocycles. The first-order valence-corrected chi connectivity index (χ1v) is 5.60. The Morgan fingerprint density at radius 2 is 1.79 bits per heavy atom. The molecule has 0 unspecified atom stereocenters. The maximum Gasteiger partial charge on any atom is 0.238 e. The smallest absolute Gasteiger partial charge is 0.238 e. The first-order valence-electron chi connectivity index (χ1n) is 5.60. The Bertz CT molecular complexity index is 729. The summed E-state index contributed by atoms with van der Waals surface area (Å²) in [5.74, 6) is 0.653. The van der Waals surface area contributed by atoms with Crippen LogP contribution in [0.2, 0.25) is 0 Å². The van der Waals surface area contributed by atoms with Crippen molar-refractivity contribution in [1.29, 1.82) is 0 Å². The molecule has 94 valence electrons. The van der Waals surface area contributed by atoms with E-state index in [4.69, 9.17) is 4.74 Å². The zero-order valence-corrected chi connectivity index (χ0v) is 9.75. The molecule has 0 amide bonds. The lowest BCUT2D eigenvalue weighted by molar-refractivity contribution is 0.454. The number of phenols is 1. The molecule has 1 aromatic heterocycles. The number of aromatic nitrogens is 2. The van der Waals surface area contributed by atoms with Gasteiger partial charge in [0.1, 0.15) is 17.3 Å². The monoisotopic (exact) mass is 256 g/mol. The van der Waals surface area contributed by atoms with Gasteiger partial charge in [0.05, 0.1) is 17.2 Å². The van der Waals surface area contributed by atoms with E-state index in [1.165, 1.54) is 30.5 Å². The Labute approximate surface area is 108 Å². The molecule has 0 saturated heterocycles.